The first-order valence-corrected chi connectivity index (χ1v) is 8.95. The summed E-state index contributed by atoms with van der Waals surface area (Å²) < 4.78 is 10.5. The van der Waals surface area contributed by atoms with Crippen LogP contribution in [-0.4, -0.2) is 25.6 Å². The van der Waals surface area contributed by atoms with Crippen molar-refractivity contribution in [3.8, 4) is 5.75 Å². The Bertz CT molecular complexity index is 1030. The molecular formula is C23H21NO4. The maximum absolute atomic E-state index is 12.5. The van der Waals surface area contributed by atoms with E-state index in [1.54, 1.807) is 30.3 Å². The third kappa shape index (κ3) is 4.20. The van der Waals surface area contributed by atoms with Crippen LogP contribution >= 0.6 is 0 Å². The minimum Gasteiger partial charge on any atom is -0.493 e. The molecule has 0 heterocycles. The lowest BCUT2D eigenvalue weighted by Crippen LogP contribution is -2.28. The van der Waals surface area contributed by atoms with Crippen molar-refractivity contribution in [3.63, 3.8) is 0 Å². The standard InChI is InChI=1S/C23H21NO4/c1-3-28-21-14-13-17(18-11-7-8-12-19(18)21)15-20(23(26)27-2)24-22(25)16-9-5-4-6-10-16/h4-15H,3H2,1-2H3,(H,24,25)/b20-15+. The van der Waals surface area contributed by atoms with Gasteiger partial charge in [-0.1, -0.05) is 48.5 Å². The van der Waals surface area contributed by atoms with Crippen LogP contribution < -0.4 is 10.1 Å². The summed E-state index contributed by atoms with van der Waals surface area (Å²) in [6.45, 7) is 2.48. The van der Waals surface area contributed by atoms with Gasteiger partial charge in [-0.3, -0.25) is 4.79 Å². The molecule has 0 atom stereocenters. The lowest BCUT2D eigenvalue weighted by molar-refractivity contribution is -0.136. The van der Waals surface area contributed by atoms with Crippen molar-refractivity contribution in [1.29, 1.82) is 0 Å². The number of ether oxygens (including phenoxy) is 2. The fourth-order valence-corrected chi connectivity index (χ4v) is 2.90. The highest BCUT2D eigenvalue weighted by atomic mass is 16.5. The maximum atomic E-state index is 12.5. The molecule has 0 aliphatic heterocycles. The summed E-state index contributed by atoms with van der Waals surface area (Å²) >= 11 is 0. The van der Waals surface area contributed by atoms with Gasteiger partial charge in [-0.15, -0.1) is 0 Å². The molecule has 5 nitrogen and oxygen atoms in total. The van der Waals surface area contributed by atoms with Crippen LogP contribution in [0.4, 0.5) is 0 Å². The first kappa shape index (κ1) is 19.2. The fraction of sp³-hybridized carbons (Fsp3) is 0.130. The van der Waals surface area contributed by atoms with Gasteiger partial charge in [-0.05, 0) is 42.1 Å². The van der Waals surface area contributed by atoms with E-state index in [0.29, 0.717) is 12.2 Å². The zero-order valence-corrected chi connectivity index (χ0v) is 15.8. The summed E-state index contributed by atoms with van der Waals surface area (Å²) in [4.78, 5) is 24.7. The molecule has 0 fully saturated rings. The van der Waals surface area contributed by atoms with Crippen LogP contribution in [0.5, 0.6) is 5.75 Å². The number of nitrogens with one attached hydrogen (secondary N) is 1. The van der Waals surface area contributed by atoms with Crippen LogP contribution in [0.3, 0.4) is 0 Å². The third-order valence-electron chi connectivity index (χ3n) is 4.21. The van der Waals surface area contributed by atoms with Crippen LogP contribution in [0.25, 0.3) is 16.8 Å². The molecule has 0 aliphatic rings. The second-order valence-electron chi connectivity index (χ2n) is 6.00. The predicted molar refractivity (Wildman–Crippen MR) is 109 cm³/mol. The second-order valence-corrected chi connectivity index (χ2v) is 6.00. The van der Waals surface area contributed by atoms with Gasteiger partial charge in [0, 0.05) is 10.9 Å². The summed E-state index contributed by atoms with van der Waals surface area (Å²) in [5.41, 5.74) is 1.28. The van der Waals surface area contributed by atoms with Gasteiger partial charge >= 0.3 is 5.97 Å². The van der Waals surface area contributed by atoms with Gasteiger partial charge in [-0.2, -0.15) is 0 Å². The Labute approximate surface area is 163 Å². The van der Waals surface area contributed by atoms with Gasteiger partial charge in [0.2, 0.25) is 0 Å². The lowest BCUT2D eigenvalue weighted by atomic mass is 10.0. The Balaban J connectivity index is 2.03. The van der Waals surface area contributed by atoms with Crippen molar-refractivity contribution in [3.05, 3.63) is 83.6 Å². The van der Waals surface area contributed by atoms with Crippen molar-refractivity contribution in [2.24, 2.45) is 0 Å². The van der Waals surface area contributed by atoms with E-state index in [9.17, 15) is 9.59 Å². The minimum absolute atomic E-state index is 0.0608. The Hall–Kier alpha value is -3.60. The summed E-state index contributed by atoms with van der Waals surface area (Å²) in [5.74, 6) is -0.238. The van der Waals surface area contributed by atoms with Crippen LogP contribution in [0.1, 0.15) is 22.8 Å². The lowest BCUT2D eigenvalue weighted by Gasteiger charge is -2.12. The molecule has 0 spiro atoms. The number of amides is 1. The number of fused-ring (bicyclic) bond motifs is 1. The number of esters is 1. The topological polar surface area (TPSA) is 64.6 Å². The van der Waals surface area contributed by atoms with Crippen molar-refractivity contribution in [1.82, 2.24) is 5.32 Å². The van der Waals surface area contributed by atoms with Crippen molar-refractivity contribution in [2.45, 2.75) is 6.92 Å². The van der Waals surface area contributed by atoms with Crippen LogP contribution in [0.2, 0.25) is 0 Å². The number of carbonyl (C=O) groups excluding carboxylic acids is 2. The molecule has 5 heteroatoms. The van der Waals surface area contributed by atoms with Crippen molar-refractivity contribution in [2.75, 3.05) is 13.7 Å². The van der Waals surface area contributed by atoms with Gasteiger partial charge in [0.1, 0.15) is 11.4 Å². The summed E-state index contributed by atoms with van der Waals surface area (Å²) in [5, 5.41) is 4.49. The smallest absolute Gasteiger partial charge is 0.354 e. The molecular weight excluding hydrogens is 354 g/mol. The van der Waals surface area contributed by atoms with E-state index in [2.05, 4.69) is 5.32 Å². The third-order valence-corrected chi connectivity index (χ3v) is 4.21. The number of hydrogen-bond donors (Lipinski definition) is 1. The number of rotatable bonds is 6. The Morgan fingerprint density at radius 3 is 2.29 bits per heavy atom. The molecule has 0 aromatic heterocycles. The van der Waals surface area contributed by atoms with Crippen molar-refractivity contribution < 1.29 is 19.1 Å². The average molecular weight is 375 g/mol. The first-order valence-electron chi connectivity index (χ1n) is 8.95. The molecule has 142 valence electrons. The molecule has 0 bridgehead atoms. The second kappa shape index (κ2) is 8.86. The predicted octanol–water partition coefficient (Wildman–Crippen LogP) is 4.18. The summed E-state index contributed by atoms with van der Waals surface area (Å²) in [6, 6.07) is 20.1. The van der Waals surface area contributed by atoms with Gasteiger partial charge < -0.3 is 14.8 Å². The Morgan fingerprint density at radius 2 is 1.61 bits per heavy atom. The SMILES string of the molecule is CCOc1ccc(/C=C(/NC(=O)c2ccccc2)C(=O)OC)c2ccccc12. The van der Waals surface area contributed by atoms with E-state index in [4.69, 9.17) is 9.47 Å². The zero-order chi connectivity index (χ0) is 19.9. The highest BCUT2D eigenvalue weighted by Crippen LogP contribution is 2.29. The van der Waals surface area contributed by atoms with Crippen molar-refractivity contribution >= 4 is 28.7 Å². The molecule has 3 aromatic carbocycles. The van der Waals surface area contributed by atoms with E-state index >= 15 is 0 Å². The van der Waals surface area contributed by atoms with E-state index in [-0.39, 0.29) is 11.6 Å². The molecule has 0 radical (unpaired) electrons. The van der Waals surface area contributed by atoms with Gasteiger partial charge in [0.15, 0.2) is 0 Å². The summed E-state index contributed by atoms with van der Waals surface area (Å²) in [6.07, 6.45) is 1.62. The van der Waals surface area contributed by atoms with Crippen LogP contribution in [0, 0.1) is 0 Å². The molecule has 0 saturated carbocycles. The van der Waals surface area contributed by atoms with Crippen LogP contribution in [0.15, 0.2) is 72.4 Å². The first-order chi connectivity index (χ1) is 13.6. The number of hydrogen-bond acceptors (Lipinski definition) is 4. The number of methoxy groups -OCH3 is 1. The highest BCUT2D eigenvalue weighted by molar-refractivity contribution is 6.05. The Kier molecular flexibility index (Phi) is 6.07. The van der Waals surface area contributed by atoms with E-state index in [1.165, 1.54) is 7.11 Å². The molecule has 1 amide bonds. The molecule has 0 saturated heterocycles. The number of carbonyl (C=O) groups is 2. The molecule has 0 unspecified atom stereocenters. The van der Waals surface area contributed by atoms with E-state index in [0.717, 1.165) is 22.1 Å². The van der Waals surface area contributed by atoms with Gasteiger partial charge in [0.05, 0.1) is 13.7 Å². The van der Waals surface area contributed by atoms with E-state index in [1.807, 2.05) is 49.4 Å². The maximum Gasteiger partial charge on any atom is 0.354 e. The van der Waals surface area contributed by atoms with Gasteiger partial charge in [-0.25, -0.2) is 4.79 Å². The van der Waals surface area contributed by atoms with Crippen LogP contribution in [-0.2, 0) is 9.53 Å². The number of benzene rings is 3. The quantitative estimate of drug-likeness (QED) is 0.518. The molecule has 1 N–H and O–H groups in total. The Morgan fingerprint density at radius 1 is 0.929 bits per heavy atom. The normalized spacial score (nSPS) is 11.1. The summed E-state index contributed by atoms with van der Waals surface area (Å²) in [7, 11) is 1.28. The molecule has 0 aliphatic carbocycles. The monoisotopic (exact) mass is 375 g/mol. The highest BCUT2D eigenvalue weighted by Gasteiger charge is 2.16. The van der Waals surface area contributed by atoms with E-state index < -0.39 is 5.97 Å². The fourth-order valence-electron chi connectivity index (χ4n) is 2.90. The largest absolute Gasteiger partial charge is 0.493 e. The molecule has 3 aromatic rings. The minimum atomic E-state index is -0.623. The average Bonchev–Trinajstić information content (AvgIpc) is 2.75. The van der Waals surface area contributed by atoms with Gasteiger partial charge in [0.25, 0.3) is 5.91 Å². The zero-order valence-electron chi connectivity index (χ0n) is 15.8. The molecule has 28 heavy (non-hydrogen) atoms. The molecule has 3 rings (SSSR count).